The van der Waals surface area contributed by atoms with Crippen LogP contribution in [0.25, 0.3) is 0 Å². The van der Waals surface area contributed by atoms with E-state index in [0.29, 0.717) is 5.44 Å². The van der Waals surface area contributed by atoms with Gasteiger partial charge in [-0.05, 0) is 30.9 Å². The highest BCUT2D eigenvalue weighted by atomic mass is 32.2. The lowest BCUT2D eigenvalue weighted by atomic mass is 10.1. The van der Waals surface area contributed by atoms with Crippen LogP contribution in [0.5, 0.6) is 0 Å². The third-order valence-corrected chi connectivity index (χ3v) is 3.72. The summed E-state index contributed by atoms with van der Waals surface area (Å²) in [5.74, 6) is 0. The van der Waals surface area contributed by atoms with Gasteiger partial charge in [0.2, 0.25) is 0 Å². The van der Waals surface area contributed by atoms with Gasteiger partial charge in [-0.15, -0.1) is 0 Å². The van der Waals surface area contributed by atoms with Crippen molar-refractivity contribution < 1.29 is 4.74 Å². The largest absolute Gasteiger partial charge is 0.370 e. The molecule has 0 spiro atoms. The fourth-order valence-corrected chi connectivity index (χ4v) is 2.79. The highest BCUT2D eigenvalue weighted by molar-refractivity contribution is 7.99. The Morgan fingerprint density at radius 1 is 1.38 bits per heavy atom. The normalized spacial score (nSPS) is 22.1. The van der Waals surface area contributed by atoms with Crippen molar-refractivity contribution in [2.75, 3.05) is 7.11 Å². The third-order valence-electron chi connectivity index (χ3n) is 2.38. The molecule has 2 rings (SSSR count). The molecule has 0 amide bonds. The Morgan fingerprint density at radius 3 is 3.08 bits per heavy atom. The topological polar surface area (TPSA) is 9.23 Å². The van der Waals surface area contributed by atoms with Crippen LogP contribution < -0.4 is 0 Å². The van der Waals surface area contributed by atoms with E-state index in [2.05, 4.69) is 24.3 Å². The van der Waals surface area contributed by atoms with Gasteiger partial charge in [-0.3, -0.25) is 0 Å². The van der Waals surface area contributed by atoms with Gasteiger partial charge in [0.25, 0.3) is 0 Å². The second-order valence-corrected chi connectivity index (χ2v) is 4.48. The molecule has 1 aromatic rings. The van der Waals surface area contributed by atoms with E-state index in [-0.39, 0.29) is 0 Å². The van der Waals surface area contributed by atoms with Gasteiger partial charge < -0.3 is 4.74 Å². The molecule has 0 N–H and O–H groups in total. The van der Waals surface area contributed by atoms with Crippen LogP contribution >= 0.6 is 11.8 Å². The summed E-state index contributed by atoms with van der Waals surface area (Å²) in [5, 5.41) is 0. The predicted molar refractivity (Wildman–Crippen MR) is 56.0 cm³/mol. The standard InChI is InChI=1S/C11H14OS/c1-12-11-8-4-6-9-5-2-3-7-10(9)13-11/h2-3,5,7,11H,4,6,8H2,1H3. The van der Waals surface area contributed by atoms with Crippen LogP contribution in [0.15, 0.2) is 29.2 Å². The van der Waals surface area contributed by atoms with Crippen LogP contribution in [0.1, 0.15) is 18.4 Å². The first-order valence-corrected chi connectivity index (χ1v) is 5.55. The van der Waals surface area contributed by atoms with Gasteiger partial charge in [0.1, 0.15) is 5.44 Å². The fraction of sp³-hybridized carbons (Fsp3) is 0.455. The Kier molecular flexibility index (Phi) is 2.91. The molecule has 0 fully saturated rings. The number of benzene rings is 1. The lowest BCUT2D eigenvalue weighted by molar-refractivity contribution is 0.165. The number of hydrogen-bond donors (Lipinski definition) is 0. The van der Waals surface area contributed by atoms with Crippen LogP contribution in [-0.4, -0.2) is 12.5 Å². The van der Waals surface area contributed by atoms with Gasteiger partial charge in [-0.25, -0.2) is 0 Å². The maximum atomic E-state index is 5.39. The summed E-state index contributed by atoms with van der Waals surface area (Å²) < 4.78 is 5.39. The first-order chi connectivity index (χ1) is 6.40. The first kappa shape index (κ1) is 9.10. The van der Waals surface area contributed by atoms with Gasteiger partial charge in [0.15, 0.2) is 0 Å². The molecule has 0 bridgehead atoms. The molecule has 0 radical (unpaired) electrons. The van der Waals surface area contributed by atoms with E-state index in [1.54, 1.807) is 7.11 Å². The molecule has 1 aromatic carbocycles. The van der Waals surface area contributed by atoms with E-state index in [0.717, 1.165) is 6.42 Å². The minimum Gasteiger partial charge on any atom is -0.370 e. The summed E-state index contributed by atoms with van der Waals surface area (Å²) >= 11 is 1.86. The average molecular weight is 194 g/mol. The van der Waals surface area contributed by atoms with Gasteiger partial charge in [0, 0.05) is 12.0 Å². The predicted octanol–water partition coefficient (Wildman–Crippen LogP) is 3.09. The van der Waals surface area contributed by atoms with Crippen molar-refractivity contribution in [2.45, 2.75) is 29.6 Å². The molecule has 1 aliphatic rings. The van der Waals surface area contributed by atoms with Crippen LogP contribution in [0, 0.1) is 0 Å². The lowest BCUT2D eigenvalue weighted by Crippen LogP contribution is -2.02. The van der Waals surface area contributed by atoms with Crippen LogP contribution in [0.2, 0.25) is 0 Å². The van der Waals surface area contributed by atoms with Crippen molar-refractivity contribution in [1.82, 2.24) is 0 Å². The highest BCUT2D eigenvalue weighted by Gasteiger charge is 2.15. The minimum absolute atomic E-state index is 0.351. The molecule has 0 aromatic heterocycles. The number of methoxy groups -OCH3 is 1. The second kappa shape index (κ2) is 4.16. The fourth-order valence-electron chi connectivity index (χ4n) is 1.65. The lowest BCUT2D eigenvalue weighted by Gasteiger charge is -2.11. The smallest absolute Gasteiger partial charge is 0.107 e. The van der Waals surface area contributed by atoms with Crippen molar-refractivity contribution in [3.63, 3.8) is 0 Å². The molecule has 70 valence electrons. The third kappa shape index (κ3) is 2.06. The number of fused-ring (bicyclic) bond motifs is 1. The van der Waals surface area contributed by atoms with Crippen molar-refractivity contribution in [2.24, 2.45) is 0 Å². The molecule has 1 heterocycles. The maximum Gasteiger partial charge on any atom is 0.107 e. The highest BCUT2D eigenvalue weighted by Crippen LogP contribution is 2.33. The Balaban J connectivity index is 2.23. The summed E-state index contributed by atoms with van der Waals surface area (Å²) in [5.41, 5.74) is 1.83. The van der Waals surface area contributed by atoms with E-state index in [1.807, 2.05) is 11.8 Å². The molecule has 0 saturated heterocycles. The molecule has 0 aliphatic carbocycles. The Hall–Kier alpha value is -0.470. The van der Waals surface area contributed by atoms with E-state index in [4.69, 9.17) is 4.74 Å². The molecule has 1 nitrogen and oxygen atoms in total. The Morgan fingerprint density at radius 2 is 2.23 bits per heavy atom. The first-order valence-electron chi connectivity index (χ1n) is 4.67. The van der Waals surface area contributed by atoms with Gasteiger partial charge >= 0.3 is 0 Å². The summed E-state index contributed by atoms with van der Waals surface area (Å²) in [4.78, 5) is 1.40. The summed E-state index contributed by atoms with van der Waals surface area (Å²) in [6, 6.07) is 8.63. The van der Waals surface area contributed by atoms with Gasteiger partial charge in [-0.1, -0.05) is 30.0 Å². The molecule has 13 heavy (non-hydrogen) atoms. The number of thioether (sulfide) groups is 1. The van der Waals surface area contributed by atoms with Gasteiger partial charge in [-0.2, -0.15) is 0 Å². The SMILES string of the molecule is COC1CCCc2ccccc2S1. The summed E-state index contributed by atoms with van der Waals surface area (Å²) in [6.07, 6.45) is 3.60. The molecular formula is C11H14OS. The summed E-state index contributed by atoms with van der Waals surface area (Å²) in [6.45, 7) is 0. The van der Waals surface area contributed by atoms with Crippen molar-refractivity contribution >= 4 is 11.8 Å². The number of hydrogen-bond acceptors (Lipinski definition) is 2. The zero-order chi connectivity index (χ0) is 9.10. The molecule has 0 saturated carbocycles. The van der Waals surface area contributed by atoms with Crippen LogP contribution in [-0.2, 0) is 11.2 Å². The zero-order valence-corrected chi connectivity index (χ0v) is 8.64. The van der Waals surface area contributed by atoms with Crippen LogP contribution in [0.3, 0.4) is 0 Å². The minimum atomic E-state index is 0.351. The maximum absolute atomic E-state index is 5.39. The molecule has 2 heteroatoms. The van der Waals surface area contributed by atoms with Crippen molar-refractivity contribution in [1.29, 1.82) is 0 Å². The van der Waals surface area contributed by atoms with E-state index in [1.165, 1.54) is 23.3 Å². The quantitative estimate of drug-likeness (QED) is 0.679. The monoisotopic (exact) mass is 194 g/mol. The Bertz CT molecular complexity index is 285. The number of rotatable bonds is 1. The van der Waals surface area contributed by atoms with E-state index in [9.17, 15) is 0 Å². The second-order valence-electron chi connectivity index (χ2n) is 3.28. The molecule has 1 atom stereocenters. The van der Waals surface area contributed by atoms with E-state index >= 15 is 0 Å². The average Bonchev–Trinajstić information content (AvgIpc) is 2.38. The summed E-state index contributed by atoms with van der Waals surface area (Å²) in [7, 11) is 1.80. The zero-order valence-electron chi connectivity index (χ0n) is 7.82. The van der Waals surface area contributed by atoms with Crippen molar-refractivity contribution in [3.8, 4) is 0 Å². The van der Waals surface area contributed by atoms with Crippen molar-refractivity contribution in [3.05, 3.63) is 29.8 Å². The molecule has 1 aliphatic heterocycles. The number of ether oxygens (including phenoxy) is 1. The van der Waals surface area contributed by atoms with Crippen LogP contribution in [0.4, 0.5) is 0 Å². The Labute approximate surface area is 83.5 Å². The number of aryl methyl sites for hydroxylation is 1. The molecule has 1 unspecified atom stereocenters. The van der Waals surface area contributed by atoms with Gasteiger partial charge in [0.05, 0.1) is 0 Å². The molecular weight excluding hydrogens is 180 g/mol. The van der Waals surface area contributed by atoms with E-state index < -0.39 is 0 Å².